The third kappa shape index (κ3) is 3.38. The highest BCUT2D eigenvalue weighted by Crippen LogP contribution is 2.40. The largest absolute Gasteiger partial charge is 0.269 e. The van der Waals surface area contributed by atoms with E-state index in [2.05, 4.69) is 6.58 Å². The van der Waals surface area contributed by atoms with E-state index in [0.29, 0.717) is 4.31 Å². The molecule has 0 spiro atoms. The Morgan fingerprint density at radius 2 is 1.57 bits per heavy atom. The Morgan fingerprint density at radius 3 is 2.07 bits per heavy atom. The Balaban J connectivity index is 2.28. The van der Waals surface area contributed by atoms with Gasteiger partial charge in [-0.05, 0) is 35.4 Å². The Kier molecular flexibility index (Phi) is 4.99. The van der Waals surface area contributed by atoms with E-state index in [4.69, 9.17) is 0 Å². The van der Waals surface area contributed by atoms with Crippen molar-refractivity contribution in [3.05, 3.63) is 78.1 Å². The number of amides is 1. The molecule has 1 heterocycles. The normalized spacial score (nSPS) is 16.5. The minimum atomic E-state index is -4.19. The van der Waals surface area contributed by atoms with Crippen molar-refractivity contribution in [1.29, 1.82) is 0 Å². The van der Waals surface area contributed by atoms with Gasteiger partial charge in [-0.2, -0.15) is 0 Å². The van der Waals surface area contributed by atoms with E-state index in [9.17, 15) is 26.0 Å². The van der Waals surface area contributed by atoms with Crippen molar-refractivity contribution >= 4 is 36.2 Å². The van der Waals surface area contributed by atoms with Crippen LogP contribution < -0.4 is 0 Å². The fourth-order valence-electron chi connectivity index (χ4n) is 2.89. The van der Waals surface area contributed by atoms with E-state index < -0.39 is 31.6 Å². The number of sulfone groups is 1. The van der Waals surface area contributed by atoms with E-state index >= 15 is 0 Å². The Morgan fingerprint density at radius 1 is 1.04 bits per heavy atom. The quantitative estimate of drug-likeness (QED) is 0.692. The second kappa shape index (κ2) is 6.99. The second-order valence-electron chi connectivity index (χ2n) is 6.14. The van der Waals surface area contributed by atoms with Gasteiger partial charge in [-0.3, -0.25) is 4.79 Å². The van der Waals surface area contributed by atoms with E-state index in [0.717, 1.165) is 18.4 Å². The minimum Gasteiger partial charge on any atom is -0.268 e. The van der Waals surface area contributed by atoms with Crippen LogP contribution in [0.1, 0.15) is 11.1 Å². The average molecular weight is 421 g/mol. The first kappa shape index (κ1) is 20.0. The highest BCUT2D eigenvalue weighted by Gasteiger charge is 2.44. The third-order valence-electron chi connectivity index (χ3n) is 4.19. The van der Waals surface area contributed by atoms with Crippen LogP contribution in [-0.2, 0) is 24.7 Å². The van der Waals surface area contributed by atoms with Crippen LogP contribution in [0, 0.1) is 5.82 Å². The number of sulfonamides is 1. The van der Waals surface area contributed by atoms with Gasteiger partial charge in [-0.25, -0.2) is 25.5 Å². The molecule has 3 rings (SSSR count). The van der Waals surface area contributed by atoms with Crippen LogP contribution in [0.3, 0.4) is 0 Å². The van der Waals surface area contributed by atoms with Crippen molar-refractivity contribution in [3.8, 4) is 0 Å². The highest BCUT2D eigenvalue weighted by atomic mass is 32.2. The first-order valence-electron chi connectivity index (χ1n) is 8.06. The molecule has 28 heavy (non-hydrogen) atoms. The Hall–Kier alpha value is -2.78. The summed E-state index contributed by atoms with van der Waals surface area (Å²) in [5.41, 5.74) is 0.295. The maximum Gasteiger partial charge on any atom is 0.269 e. The summed E-state index contributed by atoms with van der Waals surface area (Å²) in [6.07, 6.45) is 2.33. The number of hydrogen-bond acceptors (Lipinski definition) is 5. The van der Waals surface area contributed by atoms with Crippen molar-refractivity contribution in [2.24, 2.45) is 0 Å². The molecule has 0 aromatic heterocycles. The molecule has 0 atom stereocenters. The molecule has 1 aliphatic rings. The second-order valence-corrected chi connectivity index (χ2v) is 9.95. The lowest BCUT2D eigenvalue weighted by Gasteiger charge is -2.14. The molecule has 0 saturated heterocycles. The van der Waals surface area contributed by atoms with E-state index in [1.807, 2.05) is 0 Å². The molecule has 2 aromatic rings. The standard InChI is InChI=1S/C19H16FNO5S2/c1-3-12-21-19(22)17(13-6-10-16(11-7-13)27(2,23)24)18(28(21,25)26)14-4-8-15(20)9-5-14/h3-11H,1,12H2,2H3. The van der Waals surface area contributed by atoms with Gasteiger partial charge in [0.2, 0.25) is 0 Å². The van der Waals surface area contributed by atoms with Gasteiger partial charge in [0.1, 0.15) is 10.7 Å². The SMILES string of the molecule is C=CCN1C(=O)C(c2ccc(S(C)(=O)=O)cc2)=C(c2ccc(F)cc2)S1(=O)=O. The molecule has 6 nitrogen and oxygen atoms in total. The molecule has 0 saturated carbocycles. The first-order chi connectivity index (χ1) is 13.1. The number of nitrogens with zero attached hydrogens (tertiary/aromatic N) is 1. The predicted octanol–water partition coefficient (Wildman–Crippen LogP) is 2.46. The summed E-state index contributed by atoms with van der Waals surface area (Å²) >= 11 is 0. The van der Waals surface area contributed by atoms with Gasteiger partial charge in [0.25, 0.3) is 15.9 Å². The van der Waals surface area contributed by atoms with Gasteiger partial charge in [0.15, 0.2) is 9.84 Å². The van der Waals surface area contributed by atoms with Gasteiger partial charge in [0, 0.05) is 6.26 Å². The van der Waals surface area contributed by atoms with Crippen molar-refractivity contribution in [2.75, 3.05) is 12.8 Å². The summed E-state index contributed by atoms with van der Waals surface area (Å²) in [5, 5.41) is 0. The molecule has 146 valence electrons. The van der Waals surface area contributed by atoms with Gasteiger partial charge in [-0.1, -0.05) is 30.3 Å². The van der Waals surface area contributed by atoms with Crippen LogP contribution in [-0.4, -0.2) is 39.8 Å². The number of rotatable bonds is 5. The van der Waals surface area contributed by atoms with Crippen LogP contribution in [0.15, 0.2) is 66.1 Å². The van der Waals surface area contributed by atoms with Crippen LogP contribution in [0.5, 0.6) is 0 Å². The predicted molar refractivity (Wildman–Crippen MR) is 104 cm³/mol. The lowest BCUT2D eigenvalue weighted by molar-refractivity contribution is -0.119. The number of carbonyl (C=O) groups excluding carboxylic acids is 1. The molecule has 0 bridgehead atoms. The smallest absolute Gasteiger partial charge is 0.268 e. The summed E-state index contributed by atoms with van der Waals surface area (Å²) < 4.78 is 63.3. The number of halogens is 1. The Labute approximate surface area is 162 Å². The van der Waals surface area contributed by atoms with Crippen LogP contribution in [0.2, 0.25) is 0 Å². The highest BCUT2D eigenvalue weighted by molar-refractivity contribution is 8.00. The molecule has 0 fully saturated rings. The third-order valence-corrected chi connectivity index (χ3v) is 7.17. The molecular weight excluding hydrogens is 405 g/mol. The van der Waals surface area contributed by atoms with Crippen molar-refractivity contribution in [1.82, 2.24) is 4.31 Å². The number of benzene rings is 2. The van der Waals surface area contributed by atoms with Crippen molar-refractivity contribution < 1.29 is 26.0 Å². The van der Waals surface area contributed by atoms with Crippen LogP contribution >= 0.6 is 0 Å². The number of carbonyl (C=O) groups is 1. The zero-order valence-electron chi connectivity index (χ0n) is 14.8. The van der Waals surface area contributed by atoms with E-state index in [1.165, 1.54) is 42.5 Å². The molecule has 9 heteroatoms. The maximum absolute atomic E-state index is 13.3. The van der Waals surface area contributed by atoms with Gasteiger partial charge >= 0.3 is 0 Å². The topological polar surface area (TPSA) is 88.6 Å². The molecule has 0 N–H and O–H groups in total. The van der Waals surface area contributed by atoms with E-state index in [1.54, 1.807) is 0 Å². The van der Waals surface area contributed by atoms with Gasteiger partial charge < -0.3 is 0 Å². The molecular formula is C19H16FNO5S2. The van der Waals surface area contributed by atoms with Crippen LogP contribution in [0.4, 0.5) is 4.39 Å². The monoisotopic (exact) mass is 421 g/mol. The average Bonchev–Trinajstić information content (AvgIpc) is 2.82. The summed E-state index contributed by atoms with van der Waals surface area (Å²) in [5.74, 6) is -1.31. The van der Waals surface area contributed by atoms with E-state index in [-0.39, 0.29) is 33.0 Å². The molecule has 0 aliphatic carbocycles. The van der Waals surface area contributed by atoms with Crippen molar-refractivity contribution in [2.45, 2.75) is 4.90 Å². The number of hydrogen-bond donors (Lipinski definition) is 0. The first-order valence-corrected chi connectivity index (χ1v) is 11.4. The van der Waals surface area contributed by atoms with Crippen LogP contribution in [0.25, 0.3) is 10.5 Å². The molecule has 0 radical (unpaired) electrons. The molecule has 1 aliphatic heterocycles. The molecule has 2 aromatic carbocycles. The maximum atomic E-state index is 13.3. The summed E-state index contributed by atoms with van der Waals surface area (Å²) in [6.45, 7) is 3.25. The lowest BCUT2D eigenvalue weighted by Crippen LogP contribution is -2.31. The zero-order valence-corrected chi connectivity index (χ0v) is 16.4. The fraction of sp³-hybridized carbons (Fsp3) is 0.105. The summed E-state index contributed by atoms with van der Waals surface area (Å²) in [6, 6.07) is 10.1. The van der Waals surface area contributed by atoms with Crippen molar-refractivity contribution in [3.63, 3.8) is 0 Å². The molecule has 1 amide bonds. The lowest BCUT2D eigenvalue weighted by atomic mass is 10.0. The Bertz CT molecular complexity index is 1200. The summed E-state index contributed by atoms with van der Waals surface area (Å²) in [7, 11) is -7.64. The zero-order chi connectivity index (χ0) is 20.7. The minimum absolute atomic E-state index is 0.0384. The van der Waals surface area contributed by atoms with Gasteiger partial charge in [0.05, 0.1) is 17.0 Å². The fourth-order valence-corrected chi connectivity index (χ4v) is 5.25. The summed E-state index contributed by atoms with van der Waals surface area (Å²) in [4.78, 5) is 12.7. The van der Waals surface area contributed by atoms with Gasteiger partial charge in [-0.15, -0.1) is 6.58 Å². The molecule has 0 unspecified atom stereocenters.